The fourth-order valence-electron chi connectivity index (χ4n) is 2.21. The van der Waals surface area contributed by atoms with Crippen molar-refractivity contribution < 1.29 is 0 Å². The molecule has 2 aromatic carbocycles. The van der Waals surface area contributed by atoms with Gasteiger partial charge in [0.1, 0.15) is 0 Å². The summed E-state index contributed by atoms with van der Waals surface area (Å²) in [5.74, 6) is 0.934. The van der Waals surface area contributed by atoms with Crippen LogP contribution in [0.15, 0.2) is 71.2 Å². The molecule has 2 aromatic heterocycles. The number of thioether (sulfide) groups is 1. The molecule has 0 amide bonds. The molecule has 4 aromatic rings. The summed E-state index contributed by atoms with van der Waals surface area (Å²) in [4.78, 5) is 5.60. The number of aromatic nitrogens is 3. The van der Waals surface area contributed by atoms with E-state index >= 15 is 0 Å². The monoisotopic (exact) mass is 323 g/mol. The molecule has 0 saturated carbocycles. The number of hydrogen-bond donors (Lipinski definition) is 0. The van der Waals surface area contributed by atoms with E-state index in [0.717, 1.165) is 26.3 Å². The van der Waals surface area contributed by atoms with Gasteiger partial charge in [0.15, 0.2) is 4.34 Å². The van der Waals surface area contributed by atoms with E-state index in [1.165, 1.54) is 5.56 Å². The predicted octanol–water partition coefficient (Wildman–Crippen LogP) is 4.75. The highest BCUT2D eigenvalue weighted by molar-refractivity contribution is 8.00. The Balaban J connectivity index is 1.54. The Bertz CT molecular complexity index is 851. The van der Waals surface area contributed by atoms with E-state index in [4.69, 9.17) is 0 Å². The second kappa shape index (κ2) is 5.94. The van der Waals surface area contributed by atoms with Crippen molar-refractivity contribution >= 4 is 28.1 Å². The van der Waals surface area contributed by atoms with Crippen molar-refractivity contribution in [3.8, 4) is 11.3 Å². The minimum Gasteiger partial charge on any atom is -0.217 e. The largest absolute Gasteiger partial charge is 0.217 e. The van der Waals surface area contributed by atoms with Gasteiger partial charge in [-0.15, -0.1) is 5.10 Å². The van der Waals surface area contributed by atoms with Gasteiger partial charge in [0, 0.05) is 11.3 Å². The number of nitrogens with zero attached hydrogens (tertiary/aromatic N) is 3. The minimum atomic E-state index is 0.934. The Morgan fingerprint density at radius 3 is 2.41 bits per heavy atom. The molecule has 0 saturated heterocycles. The molecular weight excluding hydrogens is 310 g/mol. The summed E-state index contributed by atoms with van der Waals surface area (Å²) in [6.45, 7) is 0. The maximum absolute atomic E-state index is 4.66. The molecule has 0 unspecified atom stereocenters. The zero-order valence-corrected chi connectivity index (χ0v) is 13.3. The van der Waals surface area contributed by atoms with Gasteiger partial charge < -0.3 is 0 Å². The topological polar surface area (TPSA) is 30.2 Å². The average Bonchev–Trinajstić information content (AvgIpc) is 3.13. The Kier molecular flexibility index (Phi) is 3.66. The molecule has 0 fully saturated rings. The molecule has 0 radical (unpaired) electrons. The molecule has 2 heterocycles. The third kappa shape index (κ3) is 2.77. The molecule has 0 N–H and O–H groups in total. The first-order chi connectivity index (χ1) is 10.9. The minimum absolute atomic E-state index is 0.934. The maximum Gasteiger partial charge on any atom is 0.213 e. The Morgan fingerprint density at radius 2 is 1.68 bits per heavy atom. The molecule has 0 bridgehead atoms. The van der Waals surface area contributed by atoms with Crippen molar-refractivity contribution in [1.82, 2.24) is 14.6 Å². The summed E-state index contributed by atoms with van der Waals surface area (Å²) in [5, 5.41) is 4.61. The predicted molar refractivity (Wildman–Crippen MR) is 92.3 cm³/mol. The molecule has 5 heteroatoms. The van der Waals surface area contributed by atoms with Crippen LogP contribution in [0.4, 0.5) is 0 Å². The zero-order valence-electron chi connectivity index (χ0n) is 11.7. The first-order valence-electron chi connectivity index (χ1n) is 6.97. The first kappa shape index (κ1) is 13.5. The van der Waals surface area contributed by atoms with Crippen LogP contribution in [0.5, 0.6) is 0 Å². The maximum atomic E-state index is 4.66. The normalized spacial score (nSPS) is 11.1. The summed E-state index contributed by atoms with van der Waals surface area (Å²) in [7, 11) is 0. The van der Waals surface area contributed by atoms with Crippen molar-refractivity contribution in [2.45, 2.75) is 10.1 Å². The van der Waals surface area contributed by atoms with Crippen LogP contribution in [0.3, 0.4) is 0 Å². The Morgan fingerprint density at radius 1 is 0.955 bits per heavy atom. The molecule has 0 aliphatic carbocycles. The van der Waals surface area contributed by atoms with Gasteiger partial charge in [-0.1, -0.05) is 83.8 Å². The third-order valence-corrected chi connectivity index (χ3v) is 5.43. The third-order valence-electron chi connectivity index (χ3n) is 3.30. The molecule has 0 aliphatic heterocycles. The fourth-order valence-corrected chi connectivity index (χ4v) is 4.09. The number of hydrogen-bond acceptors (Lipinski definition) is 4. The molecule has 22 heavy (non-hydrogen) atoms. The Hall–Kier alpha value is -2.11. The number of benzene rings is 2. The molecule has 0 aliphatic rings. The lowest BCUT2D eigenvalue weighted by Gasteiger charge is -1.97. The number of imidazole rings is 1. The number of fused-ring (bicyclic) bond motifs is 1. The molecule has 0 spiro atoms. The quantitative estimate of drug-likeness (QED) is 0.508. The number of rotatable bonds is 4. The van der Waals surface area contributed by atoms with Crippen LogP contribution in [-0.4, -0.2) is 14.6 Å². The van der Waals surface area contributed by atoms with Crippen molar-refractivity contribution in [1.29, 1.82) is 0 Å². The van der Waals surface area contributed by atoms with E-state index < -0.39 is 0 Å². The smallest absolute Gasteiger partial charge is 0.213 e. The highest BCUT2D eigenvalue weighted by Gasteiger charge is 2.09. The lowest BCUT2D eigenvalue weighted by molar-refractivity contribution is 0.915. The molecule has 3 nitrogen and oxygen atoms in total. The van der Waals surface area contributed by atoms with Crippen molar-refractivity contribution in [3.63, 3.8) is 0 Å². The van der Waals surface area contributed by atoms with E-state index in [0.29, 0.717) is 0 Å². The lowest BCUT2D eigenvalue weighted by Crippen LogP contribution is -1.82. The van der Waals surface area contributed by atoms with Gasteiger partial charge in [-0.25, -0.2) is 9.50 Å². The first-order valence-corrected chi connectivity index (χ1v) is 8.77. The van der Waals surface area contributed by atoms with E-state index in [-0.39, 0.29) is 0 Å². The van der Waals surface area contributed by atoms with Crippen molar-refractivity contribution in [2.24, 2.45) is 0 Å². The van der Waals surface area contributed by atoms with E-state index in [9.17, 15) is 0 Å². The summed E-state index contributed by atoms with van der Waals surface area (Å²) < 4.78 is 2.92. The van der Waals surface area contributed by atoms with Crippen molar-refractivity contribution in [2.75, 3.05) is 0 Å². The van der Waals surface area contributed by atoms with Crippen LogP contribution in [0.25, 0.3) is 16.2 Å². The van der Waals surface area contributed by atoms with Crippen LogP contribution in [0, 0.1) is 0 Å². The van der Waals surface area contributed by atoms with Crippen LogP contribution < -0.4 is 0 Å². The van der Waals surface area contributed by atoms with E-state index in [1.54, 1.807) is 23.1 Å². The van der Waals surface area contributed by atoms with Gasteiger partial charge in [0.2, 0.25) is 4.96 Å². The van der Waals surface area contributed by atoms with Crippen LogP contribution in [0.1, 0.15) is 5.56 Å². The zero-order chi connectivity index (χ0) is 14.8. The van der Waals surface area contributed by atoms with E-state index in [1.807, 2.05) is 35.0 Å². The van der Waals surface area contributed by atoms with Gasteiger partial charge >= 0.3 is 0 Å². The lowest BCUT2D eigenvalue weighted by atomic mass is 10.2. The summed E-state index contributed by atoms with van der Waals surface area (Å²) in [5.41, 5.74) is 3.41. The van der Waals surface area contributed by atoms with Gasteiger partial charge in [-0.05, 0) is 5.56 Å². The van der Waals surface area contributed by atoms with Crippen LogP contribution in [-0.2, 0) is 5.75 Å². The van der Waals surface area contributed by atoms with Crippen molar-refractivity contribution in [3.05, 3.63) is 72.4 Å². The van der Waals surface area contributed by atoms with Gasteiger partial charge in [0.05, 0.1) is 11.9 Å². The molecule has 4 rings (SSSR count). The standard InChI is InChI=1S/C17H13N3S2/c1-3-7-13(8-4-1)12-21-17-19-20-11-15(18-16(20)22-17)14-9-5-2-6-10-14/h1-11H,12H2. The molecule has 108 valence electrons. The molecule has 0 atom stereocenters. The second-order valence-corrected chi connectivity index (χ2v) is 7.04. The molecular formula is C17H13N3S2. The summed E-state index contributed by atoms with van der Waals surface area (Å²) in [6.07, 6.45) is 1.99. The van der Waals surface area contributed by atoms with Crippen LogP contribution >= 0.6 is 23.1 Å². The SMILES string of the molecule is c1ccc(CSc2nn3cc(-c4ccccc4)nc3s2)cc1. The second-order valence-electron chi connectivity index (χ2n) is 4.86. The van der Waals surface area contributed by atoms with E-state index in [2.05, 4.69) is 46.5 Å². The average molecular weight is 323 g/mol. The summed E-state index contributed by atoms with van der Waals surface area (Å²) >= 11 is 3.39. The highest BCUT2D eigenvalue weighted by Crippen LogP contribution is 2.29. The summed E-state index contributed by atoms with van der Waals surface area (Å²) in [6, 6.07) is 20.6. The fraction of sp³-hybridized carbons (Fsp3) is 0.0588. The van der Waals surface area contributed by atoms with Gasteiger partial charge in [-0.3, -0.25) is 0 Å². The van der Waals surface area contributed by atoms with Gasteiger partial charge in [-0.2, -0.15) is 0 Å². The van der Waals surface area contributed by atoms with Gasteiger partial charge in [0.25, 0.3) is 0 Å². The van der Waals surface area contributed by atoms with Crippen LogP contribution in [0.2, 0.25) is 0 Å². The highest BCUT2D eigenvalue weighted by atomic mass is 32.2. The Labute approximate surface area is 136 Å².